The van der Waals surface area contributed by atoms with E-state index in [9.17, 15) is 9.59 Å². The number of amides is 2. The highest BCUT2D eigenvalue weighted by molar-refractivity contribution is 7.80. The first-order valence-electron chi connectivity index (χ1n) is 8.73. The topological polar surface area (TPSA) is 82.3 Å². The van der Waals surface area contributed by atoms with Crippen LogP contribution in [0.1, 0.15) is 18.9 Å². The molecule has 0 aliphatic rings. The van der Waals surface area contributed by atoms with E-state index in [-0.39, 0.29) is 16.1 Å². The predicted molar refractivity (Wildman–Crippen MR) is 131 cm³/mol. The van der Waals surface area contributed by atoms with E-state index in [1.54, 1.807) is 55.5 Å². The van der Waals surface area contributed by atoms with Crippen molar-refractivity contribution in [1.82, 2.24) is 10.6 Å². The Labute approximate surface area is 195 Å². The second-order valence-corrected chi connectivity index (χ2v) is 7.54. The van der Waals surface area contributed by atoms with Gasteiger partial charge in [0.25, 0.3) is 0 Å². The summed E-state index contributed by atoms with van der Waals surface area (Å²) in [5.74, 6) is -0.576. The van der Waals surface area contributed by atoms with Gasteiger partial charge < -0.3 is 16.0 Å². The summed E-state index contributed by atoms with van der Waals surface area (Å²) in [4.78, 5) is 23.3. The highest BCUT2D eigenvalue weighted by atomic mass is 35.5. The van der Waals surface area contributed by atoms with E-state index in [2.05, 4.69) is 21.3 Å². The van der Waals surface area contributed by atoms with Gasteiger partial charge in [0, 0.05) is 33.9 Å². The monoisotopic (exact) mass is 480 g/mol. The van der Waals surface area contributed by atoms with Gasteiger partial charge in [-0.25, -0.2) is 0 Å². The lowest BCUT2D eigenvalue weighted by atomic mass is 10.2. The minimum atomic E-state index is -0.409. The van der Waals surface area contributed by atoms with E-state index >= 15 is 0 Å². The van der Waals surface area contributed by atoms with E-state index in [4.69, 9.17) is 47.6 Å². The van der Waals surface area contributed by atoms with Gasteiger partial charge in [-0.3, -0.25) is 14.9 Å². The quantitative estimate of drug-likeness (QED) is 0.365. The number of hydrogen-bond acceptors (Lipinski definition) is 4. The molecule has 2 aromatic carbocycles. The van der Waals surface area contributed by atoms with Crippen LogP contribution in [0.15, 0.2) is 48.5 Å². The van der Waals surface area contributed by atoms with Gasteiger partial charge in [-0.2, -0.15) is 0 Å². The SMILES string of the molecule is CCC(=O)NC(=S)Nc1ccc(NC(=S)NC(=O)C=Cc2ccc(Cl)cc2Cl)cc1. The molecule has 0 saturated heterocycles. The van der Waals surface area contributed by atoms with Gasteiger partial charge in [-0.1, -0.05) is 36.2 Å². The molecule has 156 valence electrons. The summed E-state index contributed by atoms with van der Waals surface area (Å²) in [5.41, 5.74) is 2.02. The highest BCUT2D eigenvalue weighted by Gasteiger charge is 2.05. The Morgan fingerprint density at radius 1 is 0.933 bits per heavy atom. The molecular weight excluding hydrogens is 463 g/mol. The standard InChI is InChI=1S/C20H18Cl2N4O2S2/c1-2-17(27)25-19(29)23-14-6-8-15(9-7-14)24-20(30)26-18(28)10-4-12-3-5-13(21)11-16(12)22/h3-11H,2H2,1H3,(H2,23,25,27,29)(H2,24,26,28,30). The number of carbonyl (C=O) groups excluding carboxylic acids is 2. The predicted octanol–water partition coefficient (Wildman–Crippen LogP) is 4.74. The van der Waals surface area contributed by atoms with E-state index < -0.39 is 5.91 Å². The molecule has 0 radical (unpaired) electrons. The molecule has 0 aromatic heterocycles. The van der Waals surface area contributed by atoms with E-state index in [1.165, 1.54) is 6.08 Å². The van der Waals surface area contributed by atoms with Crippen LogP contribution in [-0.2, 0) is 9.59 Å². The van der Waals surface area contributed by atoms with Crippen LogP contribution in [-0.4, -0.2) is 22.0 Å². The summed E-state index contributed by atoms with van der Waals surface area (Å²) in [6.07, 6.45) is 3.23. The molecule has 2 rings (SSSR count). The molecule has 0 bridgehead atoms. The molecule has 0 spiro atoms. The van der Waals surface area contributed by atoms with Crippen molar-refractivity contribution < 1.29 is 9.59 Å². The van der Waals surface area contributed by atoms with Crippen molar-refractivity contribution in [3.05, 3.63) is 64.1 Å². The largest absolute Gasteiger partial charge is 0.332 e. The number of nitrogens with one attached hydrogen (secondary N) is 4. The van der Waals surface area contributed by atoms with Crippen LogP contribution in [0.4, 0.5) is 11.4 Å². The highest BCUT2D eigenvalue weighted by Crippen LogP contribution is 2.21. The molecule has 4 N–H and O–H groups in total. The Balaban J connectivity index is 1.85. The summed E-state index contributed by atoms with van der Waals surface area (Å²) in [6.45, 7) is 1.74. The zero-order valence-corrected chi connectivity index (χ0v) is 18.9. The maximum atomic E-state index is 12.0. The number of halogens is 2. The summed E-state index contributed by atoms with van der Waals surface area (Å²) in [5, 5.41) is 12.2. The van der Waals surface area contributed by atoms with Crippen LogP contribution in [0.5, 0.6) is 0 Å². The van der Waals surface area contributed by atoms with Crippen LogP contribution in [0.3, 0.4) is 0 Å². The minimum absolute atomic E-state index is 0.137. The Morgan fingerprint density at radius 3 is 2.03 bits per heavy atom. The molecule has 10 heteroatoms. The molecule has 0 unspecified atom stereocenters. The van der Waals surface area contributed by atoms with E-state index in [0.29, 0.717) is 33.4 Å². The third-order valence-corrected chi connectivity index (χ3v) is 4.56. The Morgan fingerprint density at radius 2 is 1.50 bits per heavy atom. The third kappa shape index (κ3) is 8.08. The maximum absolute atomic E-state index is 12.0. The fraction of sp³-hybridized carbons (Fsp3) is 0.100. The first-order chi connectivity index (χ1) is 14.3. The third-order valence-electron chi connectivity index (χ3n) is 3.59. The summed E-state index contributed by atoms with van der Waals surface area (Å²) >= 11 is 22.1. The van der Waals surface area contributed by atoms with E-state index in [1.807, 2.05) is 0 Å². The Kier molecular flexibility index (Phi) is 9.19. The number of carbonyl (C=O) groups is 2. The van der Waals surface area contributed by atoms with Gasteiger partial charge in [-0.15, -0.1) is 0 Å². The number of anilines is 2. The fourth-order valence-corrected chi connectivity index (χ4v) is 3.05. The second kappa shape index (κ2) is 11.6. The lowest BCUT2D eigenvalue weighted by molar-refractivity contribution is -0.119. The molecule has 0 aliphatic heterocycles. The molecule has 0 atom stereocenters. The van der Waals surface area contributed by atoms with Crippen molar-refractivity contribution in [2.75, 3.05) is 10.6 Å². The number of thiocarbonyl (C=S) groups is 2. The first kappa shape index (κ1) is 23.8. The zero-order valence-electron chi connectivity index (χ0n) is 15.8. The average molecular weight is 481 g/mol. The van der Waals surface area contributed by atoms with Crippen molar-refractivity contribution in [3.8, 4) is 0 Å². The van der Waals surface area contributed by atoms with Gasteiger partial charge in [0.15, 0.2) is 10.2 Å². The van der Waals surface area contributed by atoms with E-state index in [0.717, 1.165) is 0 Å². The second-order valence-electron chi connectivity index (χ2n) is 5.88. The van der Waals surface area contributed by atoms with Gasteiger partial charge in [0.05, 0.1) is 0 Å². The Bertz CT molecular complexity index is 995. The smallest absolute Gasteiger partial charge is 0.250 e. The fourth-order valence-electron chi connectivity index (χ4n) is 2.13. The van der Waals surface area contributed by atoms with Gasteiger partial charge in [-0.05, 0) is 72.5 Å². The Hall–Kier alpha value is -2.52. The van der Waals surface area contributed by atoms with Crippen molar-refractivity contribution in [2.24, 2.45) is 0 Å². The van der Waals surface area contributed by atoms with Gasteiger partial charge >= 0.3 is 0 Å². The lowest BCUT2D eigenvalue weighted by Crippen LogP contribution is -2.33. The van der Waals surface area contributed by atoms with Crippen molar-refractivity contribution in [2.45, 2.75) is 13.3 Å². The number of benzene rings is 2. The van der Waals surface area contributed by atoms with Crippen LogP contribution >= 0.6 is 47.6 Å². The molecule has 0 fully saturated rings. The molecular formula is C20H18Cl2N4O2S2. The van der Waals surface area contributed by atoms with Crippen LogP contribution in [0, 0.1) is 0 Å². The molecule has 0 saturated carbocycles. The molecule has 0 heterocycles. The van der Waals surface area contributed by atoms with Crippen molar-refractivity contribution in [1.29, 1.82) is 0 Å². The summed E-state index contributed by atoms with van der Waals surface area (Å²) in [7, 11) is 0. The first-order valence-corrected chi connectivity index (χ1v) is 10.3. The van der Waals surface area contributed by atoms with Crippen molar-refractivity contribution >= 4 is 87.1 Å². The van der Waals surface area contributed by atoms with Crippen molar-refractivity contribution in [3.63, 3.8) is 0 Å². The molecule has 6 nitrogen and oxygen atoms in total. The molecule has 0 aliphatic carbocycles. The van der Waals surface area contributed by atoms with Crippen LogP contribution < -0.4 is 21.3 Å². The molecule has 30 heavy (non-hydrogen) atoms. The molecule has 2 amide bonds. The summed E-state index contributed by atoms with van der Waals surface area (Å²) in [6, 6.07) is 12.0. The minimum Gasteiger partial charge on any atom is -0.332 e. The normalized spacial score (nSPS) is 10.4. The van der Waals surface area contributed by atoms with Gasteiger partial charge in [0.1, 0.15) is 0 Å². The molecule has 2 aromatic rings. The average Bonchev–Trinajstić information content (AvgIpc) is 2.68. The number of hydrogen-bond donors (Lipinski definition) is 4. The van der Waals surface area contributed by atoms with Crippen LogP contribution in [0.2, 0.25) is 10.0 Å². The van der Waals surface area contributed by atoms with Gasteiger partial charge in [0.2, 0.25) is 11.8 Å². The maximum Gasteiger partial charge on any atom is 0.250 e. The number of rotatable bonds is 5. The zero-order chi connectivity index (χ0) is 22.1. The lowest BCUT2D eigenvalue weighted by Gasteiger charge is -2.11. The summed E-state index contributed by atoms with van der Waals surface area (Å²) < 4.78 is 0. The van der Waals surface area contributed by atoms with Crippen LogP contribution in [0.25, 0.3) is 6.08 Å².